The maximum absolute atomic E-state index is 12.4. The van der Waals surface area contributed by atoms with Crippen molar-refractivity contribution in [3.05, 3.63) is 23.5 Å². The lowest BCUT2D eigenvalue weighted by atomic mass is 9.78. The fourth-order valence-electron chi connectivity index (χ4n) is 2.83. The van der Waals surface area contributed by atoms with E-state index in [9.17, 15) is 13.5 Å². The Labute approximate surface area is 124 Å². The van der Waals surface area contributed by atoms with E-state index in [0.717, 1.165) is 12.8 Å². The van der Waals surface area contributed by atoms with Crippen molar-refractivity contribution >= 4 is 21.6 Å². The number of aliphatic hydroxyl groups is 1. The van der Waals surface area contributed by atoms with Gasteiger partial charge in [-0.05, 0) is 24.8 Å². The molecule has 0 radical (unpaired) electrons. The summed E-state index contributed by atoms with van der Waals surface area (Å²) in [6.45, 7) is 1.85. The van der Waals surface area contributed by atoms with Gasteiger partial charge in [0, 0.05) is 12.4 Å². The number of pyridine rings is 1. The maximum Gasteiger partial charge on any atom is 0.244 e. The van der Waals surface area contributed by atoms with Gasteiger partial charge in [0.1, 0.15) is 4.90 Å². The third-order valence-corrected chi connectivity index (χ3v) is 5.82. The highest BCUT2D eigenvalue weighted by molar-refractivity contribution is 7.89. The minimum atomic E-state index is -3.79. The molecule has 2 N–H and O–H groups in total. The van der Waals surface area contributed by atoms with Gasteiger partial charge in [-0.1, -0.05) is 31.4 Å². The van der Waals surface area contributed by atoms with Crippen molar-refractivity contribution in [1.29, 1.82) is 0 Å². The summed E-state index contributed by atoms with van der Waals surface area (Å²) in [4.78, 5) is 3.75. The molecule has 1 aliphatic rings. The molecular weight excluding hydrogens is 300 g/mol. The maximum atomic E-state index is 12.4. The fraction of sp³-hybridized carbons (Fsp3) is 0.615. The predicted molar refractivity (Wildman–Crippen MR) is 77.0 cm³/mol. The number of sulfonamides is 1. The van der Waals surface area contributed by atoms with Crippen molar-refractivity contribution in [2.24, 2.45) is 5.92 Å². The van der Waals surface area contributed by atoms with E-state index in [0.29, 0.717) is 18.8 Å². The molecule has 1 aromatic rings. The van der Waals surface area contributed by atoms with E-state index >= 15 is 0 Å². The molecule has 0 aromatic carbocycles. The second kappa shape index (κ2) is 5.97. The summed E-state index contributed by atoms with van der Waals surface area (Å²) >= 11 is 5.92. The number of nitrogens with one attached hydrogen (secondary N) is 1. The van der Waals surface area contributed by atoms with Crippen molar-refractivity contribution < 1.29 is 13.5 Å². The van der Waals surface area contributed by atoms with Crippen LogP contribution in [0, 0.1) is 5.92 Å². The highest BCUT2D eigenvalue weighted by Gasteiger charge is 2.38. The van der Waals surface area contributed by atoms with Gasteiger partial charge in [0.2, 0.25) is 10.0 Å². The topological polar surface area (TPSA) is 79.3 Å². The van der Waals surface area contributed by atoms with Crippen molar-refractivity contribution in [2.75, 3.05) is 6.61 Å². The Kier molecular flexibility index (Phi) is 4.69. The molecule has 0 saturated heterocycles. The van der Waals surface area contributed by atoms with E-state index in [1.807, 2.05) is 0 Å². The van der Waals surface area contributed by atoms with E-state index < -0.39 is 15.6 Å². The van der Waals surface area contributed by atoms with Gasteiger partial charge >= 0.3 is 0 Å². The molecule has 1 fully saturated rings. The minimum absolute atomic E-state index is 0.0484. The number of halogens is 1. The van der Waals surface area contributed by atoms with Gasteiger partial charge in [-0.3, -0.25) is 4.98 Å². The van der Waals surface area contributed by atoms with Crippen LogP contribution in [-0.4, -0.2) is 30.7 Å². The molecule has 20 heavy (non-hydrogen) atoms. The molecule has 0 bridgehead atoms. The predicted octanol–water partition coefficient (Wildman–Crippen LogP) is 1.95. The summed E-state index contributed by atoms with van der Waals surface area (Å²) in [5, 5.41) is 9.79. The van der Waals surface area contributed by atoms with Crippen molar-refractivity contribution in [2.45, 2.75) is 43.0 Å². The zero-order valence-electron chi connectivity index (χ0n) is 11.3. The number of hydrogen-bond acceptors (Lipinski definition) is 4. The minimum Gasteiger partial charge on any atom is -0.394 e. The van der Waals surface area contributed by atoms with Crippen molar-refractivity contribution in [3.63, 3.8) is 0 Å². The standard InChI is InChI=1S/C13H19ClN2O3S/c1-10-3-2-5-13(7-10,9-17)16-20(18,19)12-8-15-6-4-11(12)14/h4,6,8,10,16-17H,2-3,5,7,9H2,1H3. The van der Waals surface area contributed by atoms with Crippen LogP contribution in [0.25, 0.3) is 0 Å². The van der Waals surface area contributed by atoms with Gasteiger partial charge in [-0.15, -0.1) is 0 Å². The van der Waals surface area contributed by atoms with Crippen LogP contribution >= 0.6 is 11.6 Å². The molecule has 112 valence electrons. The molecule has 1 aromatic heterocycles. The lowest BCUT2D eigenvalue weighted by Gasteiger charge is -2.39. The van der Waals surface area contributed by atoms with E-state index in [4.69, 9.17) is 11.6 Å². The van der Waals surface area contributed by atoms with Crippen LogP contribution in [-0.2, 0) is 10.0 Å². The SMILES string of the molecule is CC1CCCC(CO)(NS(=O)(=O)c2cnccc2Cl)C1. The zero-order chi connectivity index (χ0) is 14.8. The summed E-state index contributed by atoms with van der Waals surface area (Å²) in [5.41, 5.74) is -0.796. The number of nitrogens with zero attached hydrogens (tertiary/aromatic N) is 1. The van der Waals surface area contributed by atoms with E-state index in [-0.39, 0.29) is 16.5 Å². The molecule has 0 amide bonds. The van der Waals surface area contributed by atoms with Gasteiger partial charge in [0.05, 0.1) is 17.2 Å². The Bertz CT molecular complexity index is 579. The van der Waals surface area contributed by atoms with E-state index in [1.165, 1.54) is 18.5 Å². The van der Waals surface area contributed by atoms with Crippen molar-refractivity contribution in [3.8, 4) is 0 Å². The van der Waals surface area contributed by atoms with Gasteiger partial charge in [0.15, 0.2) is 0 Å². The number of rotatable bonds is 4. The molecule has 7 heteroatoms. The first-order valence-corrected chi connectivity index (χ1v) is 8.49. The highest BCUT2D eigenvalue weighted by Crippen LogP contribution is 2.33. The van der Waals surface area contributed by atoms with Crippen LogP contribution in [0.1, 0.15) is 32.6 Å². The third-order valence-electron chi connectivity index (χ3n) is 3.77. The molecule has 2 rings (SSSR count). The summed E-state index contributed by atoms with van der Waals surface area (Å²) in [5.74, 6) is 0.378. The van der Waals surface area contributed by atoms with Crippen LogP contribution in [0.4, 0.5) is 0 Å². The third kappa shape index (κ3) is 3.31. The second-order valence-corrected chi connectivity index (χ2v) is 7.61. The molecule has 0 aliphatic heterocycles. The average molecular weight is 319 g/mol. The zero-order valence-corrected chi connectivity index (χ0v) is 12.9. The lowest BCUT2D eigenvalue weighted by Crippen LogP contribution is -2.53. The molecule has 1 saturated carbocycles. The monoisotopic (exact) mass is 318 g/mol. The quantitative estimate of drug-likeness (QED) is 0.889. The molecule has 1 aliphatic carbocycles. The van der Waals surface area contributed by atoms with Crippen LogP contribution in [0.5, 0.6) is 0 Å². The van der Waals surface area contributed by atoms with E-state index in [2.05, 4.69) is 16.6 Å². The van der Waals surface area contributed by atoms with Gasteiger partial charge in [0.25, 0.3) is 0 Å². The molecule has 1 heterocycles. The smallest absolute Gasteiger partial charge is 0.244 e. The van der Waals surface area contributed by atoms with Gasteiger partial charge < -0.3 is 5.11 Å². The number of aliphatic hydroxyl groups excluding tert-OH is 1. The summed E-state index contributed by atoms with van der Waals surface area (Å²) in [7, 11) is -3.79. The van der Waals surface area contributed by atoms with Crippen LogP contribution in [0.15, 0.2) is 23.4 Å². The number of aromatic nitrogens is 1. The summed E-state index contributed by atoms with van der Waals surface area (Å²) in [6.07, 6.45) is 5.86. The molecule has 2 atom stereocenters. The largest absolute Gasteiger partial charge is 0.394 e. The normalized spacial score (nSPS) is 27.4. The summed E-state index contributed by atoms with van der Waals surface area (Å²) < 4.78 is 27.5. The Balaban J connectivity index is 2.29. The van der Waals surface area contributed by atoms with Gasteiger partial charge in [-0.2, -0.15) is 0 Å². The molecule has 0 spiro atoms. The highest BCUT2D eigenvalue weighted by atomic mass is 35.5. The Morgan fingerprint density at radius 2 is 2.35 bits per heavy atom. The second-order valence-electron chi connectivity index (χ2n) is 5.55. The molecule has 2 unspecified atom stereocenters. The van der Waals surface area contributed by atoms with Crippen LogP contribution < -0.4 is 4.72 Å². The van der Waals surface area contributed by atoms with E-state index in [1.54, 1.807) is 0 Å². The lowest BCUT2D eigenvalue weighted by molar-refractivity contribution is 0.119. The number of hydrogen-bond donors (Lipinski definition) is 2. The van der Waals surface area contributed by atoms with Crippen LogP contribution in [0.2, 0.25) is 5.02 Å². The Morgan fingerprint density at radius 1 is 1.60 bits per heavy atom. The van der Waals surface area contributed by atoms with Crippen molar-refractivity contribution in [1.82, 2.24) is 9.71 Å². The Hall–Kier alpha value is -0.690. The fourth-order valence-corrected chi connectivity index (χ4v) is 4.69. The Morgan fingerprint density at radius 3 is 2.95 bits per heavy atom. The molecular formula is C13H19ClN2O3S. The average Bonchev–Trinajstić information content (AvgIpc) is 2.38. The summed E-state index contributed by atoms with van der Waals surface area (Å²) in [6, 6.07) is 1.44. The molecule has 5 nitrogen and oxygen atoms in total. The van der Waals surface area contributed by atoms with Crippen LogP contribution in [0.3, 0.4) is 0 Å². The first kappa shape index (κ1) is 15.7. The van der Waals surface area contributed by atoms with Gasteiger partial charge in [-0.25, -0.2) is 13.1 Å². The first-order valence-electron chi connectivity index (χ1n) is 6.63. The first-order chi connectivity index (χ1) is 9.38.